The number of ether oxygens (including phenoxy) is 3. The predicted octanol–water partition coefficient (Wildman–Crippen LogP) is 4.36. The quantitative estimate of drug-likeness (QED) is 0.589. The number of hydrogen-bond donors (Lipinski definition) is 2. The van der Waals surface area contributed by atoms with E-state index in [4.69, 9.17) is 14.2 Å². The summed E-state index contributed by atoms with van der Waals surface area (Å²) < 4.78 is 28.8. The van der Waals surface area contributed by atoms with Crippen molar-refractivity contribution in [1.82, 2.24) is 0 Å². The number of carbonyl (C=O) groups excluding carboxylic acids is 2. The SMILES string of the molecule is COc1cc(C(=O)Nc2ccc(NC(=O)c3ccc(F)cc3)cc2)cc(OC)c1OC. The van der Waals surface area contributed by atoms with Gasteiger partial charge in [0, 0.05) is 22.5 Å². The van der Waals surface area contributed by atoms with Gasteiger partial charge in [-0.05, 0) is 60.7 Å². The van der Waals surface area contributed by atoms with Crippen LogP contribution in [-0.2, 0) is 0 Å². The van der Waals surface area contributed by atoms with Crippen LogP contribution in [0.2, 0.25) is 0 Å². The Balaban J connectivity index is 1.70. The van der Waals surface area contributed by atoms with Crippen LogP contribution in [0.25, 0.3) is 0 Å². The predicted molar refractivity (Wildman–Crippen MR) is 115 cm³/mol. The Morgan fingerprint density at radius 2 is 1.13 bits per heavy atom. The van der Waals surface area contributed by atoms with Crippen molar-refractivity contribution in [3.05, 3.63) is 77.6 Å². The lowest BCUT2D eigenvalue weighted by atomic mass is 10.1. The first kappa shape index (κ1) is 21.6. The second kappa shape index (κ2) is 9.62. The molecular weight excluding hydrogens is 403 g/mol. The molecule has 2 N–H and O–H groups in total. The van der Waals surface area contributed by atoms with Crippen LogP contribution in [0.3, 0.4) is 0 Å². The first-order valence-corrected chi connectivity index (χ1v) is 9.23. The lowest BCUT2D eigenvalue weighted by molar-refractivity contribution is 0.101. The van der Waals surface area contributed by atoms with Crippen molar-refractivity contribution in [2.24, 2.45) is 0 Å². The Morgan fingerprint density at radius 1 is 0.677 bits per heavy atom. The van der Waals surface area contributed by atoms with Crippen LogP contribution in [0.5, 0.6) is 17.2 Å². The van der Waals surface area contributed by atoms with Crippen molar-refractivity contribution >= 4 is 23.2 Å². The Labute approximate surface area is 178 Å². The van der Waals surface area contributed by atoms with E-state index in [-0.39, 0.29) is 11.8 Å². The molecule has 3 rings (SSSR count). The number of halogens is 1. The molecule has 0 radical (unpaired) electrons. The van der Waals surface area contributed by atoms with Gasteiger partial charge in [-0.25, -0.2) is 4.39 Å². The van der Waals surface area contributed by atoms with Crippen molar-refractivity contribution in [3.8, 4) is 17.2 Å². The number of rotatable bonds is 7. The standard InChI is InChI=1S/C23H21FN2O5/c1-29-19-12-15(13-20(30-2)21(19)31-3)23(28)26-18-10-8-17(9-11-18)25-22(27)14-4-6-16(24)7-5-14/h4-13H,1-3H3,(H,25,27)(H,26,28). The maximum absolute atomic E-state index is 13.0. The molecule has 0 fully saturated rings. The van der Waals surface area contributed by atoms with Gasteiger partial charge in [0.05, 0.1) is 21.3 Å². The van der Waals surface area contributed by atoms with Gasteiger partial charge in [0.15, 0.2) is 11.5 Å². The van der Waals surface area contributed by atoms with E-state index in [9.17, 15) is 14.0 Å². The van der Waals surface area contributed by atoms with Crippen LogP contribution in [0, 0.1) is 5.82 Å². The molecule has 2 amide bonds. The molecule has 7 nitrogen and oxygen atoms in total. The molecular formula is C23H21FN2O5. The topological polar surface area (TPSA) is 85.9 Å². The molecule has 0 saturated carbocycles. The van der Waals surface area contributed by atoms with E-state index in [0.29, 0.717) is 39.8 Å². The number of nitrogens with one attached hydrogen (secondary N) is 2. The van der Waals surface area contributed by atoms with E-state index in [2.05, 4.69) is 10.6 Å². The van der Waals surface area contributed by atoms with Gasteiger partial charge in [-0.1, -0.05) is 0 Å². The number of methoxy groups -OCH3 is 3. The molecule has 0 aliphatic rings. The van der Waals surface area contributed by atoms with Crippen LogP contribution in [0.15, 0.2) is 60.7 Å². The molecule has 0 saturated heterocycles. The molecule has 0 aliphatic heterocycles. The van der Waals surface area contributed by atoms with Crippen LogP contribution < -0.4 is 24.8 Å². The zero-order chi connectivity index (χ0) is 22.4. The maximum Gasteiger partial charge on any atom is 0.255 e. The average Bonchev–Trinajstić information content (AvgIpc) is 2.79. The highest BCUT2D eigenvalue weighted by Gasteiger charge is 2.17. The fourth-order valence-electron chi connectivity index (χ4n) is 2.86. The molecule has 160 valence electrons. The highest BCUT2D eigenvalue weighted by atomic mass is 19.1. The largest absolute Gasteiger partial charge is 0.493 e. The highest BCUT2D eigenvalue weighted by Crippen LogP contribution is 2.38. The Bertz CT molecular complexity index is 1060. The first-order valence-electron chi connectivity index (χ1n) is 9.23. The highest BCUT2D eigenvalue weighted by molar-refractivity contribution is 6.06. The molecule has 0 aliphatic carbocycles. The van der Waals surface area contributed by atoms with Gasteiger partial charge in [-0.15, -0.1) is 0 Å². The molecule has 3 aromatic rings. The van der Waals surface area contributed by atoms with Gasteiger partial charge in [-0.3, -0.25) is 9.59 Å². The van der Waals surface area contributed by atoms with Crippen molar-refractivity contribution in [2.45, 2.75) is 0 Å². The summed E-state index contributed by atoms with van der Waals surface area (Å²) in [4.78, 5) is 24.9. The van der Waals surface area contributed by atoms with Crippen LogP contribution in [0.1, 0.15) is 20.7 Å². The van der Waals surface area contributed by atoms with Crippen molar-refractivity contribution < 1.29 is 28.2 Å². The van der Waals surface area contributed by atoms with Crippen LogP contribution >= 0.6 is 0 Å². The number of amides is 2. The van der Waals surface area contributed by atoms with Crippen molar-refractivity contribution in [3.63, 3.8) is 0 Å². The van der Waals surface area contributed by atoms with Gasteiger partial charge >= 0.3 is 0 Å². The van der Waals surface area contributed by atoms with Crippen molar-refractivity contribution in [2.75, 3.05) is 32.0 Å². The molecule has 31 heavy (non-hydrogen) atoms. The lowest BCUT2D eigenvalue weighted by Gasteiger charge is -2.14. The summed E-state index contributed by atoms with van der Waals surface area (Å²) in [5, 5.41) is 5.48. The fourth-order valence-corrected chi connectivity index (χ4v) is 2.86. The minimum atomic E-state index is -0.413. The fraction of sp³-hybridized carbons (Fsp3) is 0.130. The van der Waals surface area contributed by atoms with Crippen LogP contribution in [0.4, 0.5) is 15.8 Å². The number of benzene rings is 3. The third-order valence-electron chi connectivity index (χ3n) is 4.43. The Kier molecular flexibility index (Phi) is 6.71. The minimum absolute atomic E-state index is 0.322. The van der Waals surface area contributed by atoms with E-state index in [0.717, 1.165) is 0 Å². The molecule has 3 aromatic carbocycles. The van der Waals surface area contributed by atoms with E-state index in [1.165, 1.54) is 45.6 Å². The van der Waals surface area contributed by atoms with E-state index in [1.54, 1.807) is 36.4 Å². The maximum atomic E-state index is 13.0. The first-order chi connectivity index (χ1) is 14.9. The second-order valence-electron chi connectivity index (χ2n) is 6.41. The van der Waals surface area contributed by atoms with E-state index in [1.807, 2.05) is 0 Å². The van der Waals surface area contributed by atoms with E-state index < -0.39 is 5.82 Å². The Hall–Kier alpha value is -4.07. The lowest BCUT2D eigenvalue weighted by Crippen LogP contribution is -2.13. The molecule has 0 bridgehead atoms. The normalized spacial score (nSPS) is 10.2. The smallest absolute Gasteiger partial charge is 0.255 e. The van der Waals surface area contributed by atoms with Crippen molar-refractivity contribution in [1.29, 1.82) is 0 Å². The molecule has 0 spiro atoms. The summed E-state index contributed by atoms with van der Waals surface area (Å²) in [6.07, 6.45) is 0. The average molecular weight is 424 g/mol. The summed E-state index contributed by atoms with van der Waals surface area (Å²) in [6.45, 7) is 0. The van der Waals surface area contributed by atoms with Gasteiger partial charge in [-0.2, -0.15) is 0 Å². The zero-order valence-electron chi connectivity index (χ0n) is 17.2. The third-order valence-corrected chi connectivity index (χ3v) is 4.43. The number of carbonyl (C=O) groups is 2. The summed E-state index contributed by atoms with van der Waals surface area (Å²) in [6, 6.07) is 14.9. The molecule has 0 atom stereocenters. The van der Waals surface area contributed by atoms with Gasteiger partial charge in [0.25, 0.3) is 11.8 Å². The molecule has 0 heterocycles. The summed E-state index contributed by atoms with van der Waals surface area (Å²) in [7, 11) is 4.42. The summed E-state index contributed by atoms with van der Waals surface area (Å²) >= 11 is 0. The van der Waals surface area contributed by atoms with Gasteiger partial charge in [0.1, 0.15) is 5.82 Å². The monoisotopic (exact) mass is 424 g/mol. The van der Waals surface area contributed by atoms with E-state index >= 15 is 0 Å². The zero-order valence-corrected chi connectivity index (χ0v) is 17.2. The van der Waals surface area contributed by atoms with Gasteiger partial charge < -0.3 is 24.8 Å². The minimum Gasteiger partial charge on any atom is -0.493 e. The number of anilines is 2. The van der Waals surface area contributed by atoms with Gasteiger partial charge in [0.2, 0.25) is 5.75 Å². The van der Waals surface area contributed by atoms with Crippen LogP contribution in [-0.4, -0.2) is 33.1 Å². The third kappa shape index (κ3) is 5.11. The Morgan fingerprint density at radius 3 is 1.55 bits per heavy atom. The summed E-state index contributed by atoms with van der Waals surface area (Å²) in [5.41, 5.74) is 1.71. The second-order valence-corrected chi connectivity index (χ2v) is 6.41. The molecule has 8 heteroatoms. The molecule has 0 unspecified atom stereocenters. The molecule has 0 aromatic heterocycles. The number of hydrogen-bond acceptors (Lipinski definition) is 5. The summed E-state index contributed by atoms with van der Waals surface area (Å²) in [5.74, 6) is -0.0280.